The number of anilines is 3. The molecule has 0 spiro atoms. The summed E-state index contributed by atoms with van der Waals surface area (Å²) in [5.74, 6) is 0. The molecule has 3 heteroatoms. The molecule has 0 aliphatic rings. The van der Waals surface area contributed by atoms with Crippen LogP contribution in [0.5, 0.6) is 0 Å². The molecule has 2 aromatic heterocycles. The third-order valence-corrected chi connectivity index (χ3v) is 12.1. The van der Waals surface area contributed by atoms with Gasteiger partial charge in [-0.15, -0.1) is 11.3 Å². The summed E-state index contributed by atoms with van der Waals surface area (Å²) in [5, 5.41) is 7.37. The van der Waals surface area contributed by atoms with Crippen molar-refractivity contribution in [2.75, 3.05) is 4.90 Å². The number of nitrogens with zero attached hydrogens (tertiary/aromatic N) is 1. The summed E-state index contributed by atoms with van der Waals surface area (Å²) in [6.45, 7) is 0. The summed E-state index contributed by atoms with van der Waals surface area (Å²) < 4.78 is 9.30. The zero-order chi connectivity index (χ0) is 36.3. The summed E-state index contributed by atoms with van der Waals surface area (Å²) in [6.07, 6.45) is 0. The number of furan rings is 1. The lowest BCUT2D eigenvalue weighted by Crippen LogP contribution is -2.10. The summed E-state index contributed by atoms with van der Waals surface area (Å²) in [4.78, 5) is 2.36. The molecule has 258 valence electrons. The summed E-state index contributed by atoms with van der Waals surface area (Å²) in [7, 11) is 0. The van der Waals surface area contributed by atoms with Crippen LogP contribution in [0, 0.1) is 0 Å². The van der Waals surface area contributed by atoms with E-state index in [-0.39, 0.29) is 0 Å². The van der Waals surface area contributed by atoms with E-state index >= 15 is 0 Å². The second-order valence-corrected chi connectivity index (χ2v) is 15.2. The van der Waals surface area contributed by atoms with Gasteiger partial charge in [-0.3, -0.25) is 0 Å². The van der Waals surface area contributed by atoms with Gasteiger partial charge in [-0.1, -0.05) is 140 Å². The van der Waals surface area contributed by atoms with Crippen LogP contribution in [0.4, 0.5) is 17.1 Å². The molecule has 0 unspecified atom stereocenters. The van der Waals surface area contributed by atoms with Gasteiger partial charge >= 0.3 is 0 Å². The molecule has 0 saturated carbocycles. The quantitative estimate of drug-likeness (QED) is 0.170. The average Bonchev–Trinajstić information content (AvgIpc) is 3.83. The smallest absolute Gasteiger partial charge is 0.144 e. The number of hydrogen-bond acceptors (Lipinski definition) is 3. The molecular formula is C52H33NOS. The minimum absolute atomic E-state index is 0.909. The van der Waals surface area contributed by atoms with E-state index in [9.17, 15) is 0 Å². The van der Waals surface area contributed by atoms with Crippen molar-refractivity contribution in [2.24, 2.45) is 0 Å². The van der Waals surface area contributed by atoms with Gasteiger partial charge in [0, 0.05) is 53.6 Å². The van der Waals surface area contributed by atoms with Crippen LogP contribution in [0.1, 0.15) is 0 Å². The van der Waals surface area contributed by atoms with Crippen LogP contribution in [0.15, 0.2) is 205 Å². The van der Waals surface area contributed by atoms with Crippen molar-refractivity contribution < 1.29 is 4.42 Å². The summed E-state index contributed by atoms with van der Waals surface area (Å²) in [5.41, 5.74) is 12.1. The zero-order valence-electron chi connectivity index (χ0n) is 29.8. The van der Waals surface area contributed by atoms with E-state index in [4.69, 9.17) is 4.42 Å². The molecule has 0 atom stereocenters. The van der Waals surface area contributed by atoms with E-state index in [1.807, 2.05) is 11.3 Å². The maximum Gasteiger partial charge on any atom is 0.144 e. The first kappa shape index (κ1) is 31.6. The average molecular weight is 720 g/mol. The highest BCUT2D eigenvalue weighted by Gasteiger charge is 2.21. The highest BCUT2D eigenvalue weighted by Crippen LogP contribution is 2.47. The van der Waals surface area contributed by atoms with Gasteiger partial charge in [0.05, 0.1) is 0 Å². The second-order valence-electron chi connectivity index (χ2n) is 14.1. The van der Waals surface area contributed by atoms with Crippen molar-refractivity contribution in [3.05, 3.63) is 200 Å². The molecule has 0 fully saturated rings. The Hall–Kier alpha value is -6.94. The summed E-state index contributed by atoms with van der Waals surface area (Å²) in [6, 6.07) is 72.1. The third-order valence-electron chi connectivity index (χ3n) is 10.8. The van der Waals surface area contributed by atoms with E-state index < -0.39 is 0 Å². The van der Waals surface area contributed by atoms with Gasteiger partial charge in [-0.2, -0.15) is 0 Å². The molecule has 0 N–H and O–H groups in total. The van der Waals surface area contributed by atoms with E-state index in [0.29, 0.717) is 0 Å². The highest BCUT2D eigenvalue weighted by atomic mass is 32.1. The van der Waals surface area contributed by atoms with E-state index in [1.165, 1.54) is 58.6 Å². The van der Waals surface area contributed by atoms with Crippen molar-refractivity contribution in [3.8, 4) is 33.4 Å². The van der Waals surface area contributed by atoms with Gasteiger partial charge in [0.1, 0.15) is 11.2 Å². The van der Waals surface area contributed by atoms with Gasteiger partial charge in [-0.25, -0.2) is 0 Å². The molecule has 55 heavy (non-hydrogen) atoms. The van der Waals surface area contributed by atoms with Gasteiger partial charge in [0.15, 0.2) is 0 Å². The molecule has 11 aromatic rings. The number of hydrogen-bond donors (Lipinski definition) is 0. The predicted molar refractivity (Wildman–Crippen MR) is 235 cm³/mol. The van der Waals surface area contributed by atoms with Crippen LogP contribution in [0.3, 0.4) is 0 Å². The summed E-state index contributed by atoms with van der Waals surface area (Å²) >= 11 is 1.85. The highest BCUT2D eigenvalue weighted by molar-refractivity contribution is 7.26. The molecule has 0 radical (unpaired) electrons. The monoisotopic (exact) mass is 719 g/mol. The lowest BCUT2D eigenvalue weighted by atomic mass is 9.98. The fourth-order valence-corrected chi connectivity index (χ4v) is 9.38. The molecule has 0 saturated heterocycles. The molecule has 0 bridgehead atoms. The number of thiophene rings is 1. The molecule has 0 aliphatic carbocycles. The van der Waals surface area contributed by atoms with Crippen LogP contribution < -0.4 is 4.90 Å². The Morgan fingerprint density at radius 1 is 0.382 bits per heavy atom. The molecule has 9 aromatic carbocycles. The van der Waals surface area contributed by atoms with Crippen LogP contribution in [0.2, 0.25) is 0 Å². The minimum Gasteiger partial charge on any atom is -0.455 e. The molecule has 11 rings (SSSR count). The fraction of sp³-hybridized carbons (Fsp3) is 0. The van der Waals surface area contributed by atoms with Crippen LogP contribution >= 0.6 is 11.3 Å². The standard InChI is InChI=1S/C52H33NOS/c1-2-11-34(12-3-1)36-23-27-41(28-24-36)53(42-29-25-37(26-30-42)39-22-21-35-13-4-5-14-38(35)31-39)43-16-10-15-40(32-43)46-33-47-44-17-7-9-20-49(44)55-52(47)50-45-18-6-8-19-48(45)54-51(46)50/h1-33H. The van der Waals surface area contributed by atoms with Gasteiger partial charge in [-0.05, 0) is 99.3 Å². The Balaban J connectivity index is 1.07. The van der Waals surface area contributed by atoms with Gasteiger partial charge in [0.25, 0.3) is 0 Å². The Morgan fingerprint density at radius 3 is 1.80 bits per heavy atom. The van der Waals surface area contributed by atoms with Crippen LogP contribution in [-0.2, 0) is 0 Å². The lowest BCUT2D eigenvalue weighted by Gasteiger charge is -2.26. The molecule has 0 amide bonds. The van der Waals surface area contributed by atoms with Crippen molar-refractivity contribution in [1.82, 2.24) is 0 Å². The number of benzene rings is 9. The first-order valence-electron chi connectivity index (χ1n) is 18.7. The molecule has 2 nitrogen and oxygen atoms in total. The minimum atomic E-state index is 0.909. The van der Waals surface area contributed by atoms with Crippen LogP contribution in [-0.4, -0.2) is 0 Å². The molecule has 0 aliphatic heterocycles. The topological polar surface area (TPSA) is 16.4 Å². The largest absolute Gasteiger partial charge is 0.455 e. The predicted octanol–water partition coefficient (Wildman–Crippen LogP) is 15.6. The Kier molecular flexibility index (Phi) is 7.39. The Bertz CT molecular complexity index is 3190. The SMILES string of the molecule is c1ccc(-c2ccc(N(c3ccc(-c4ccc5ccccc5c4)cc3)c3cccc(-c4cc5c6ccccc6sc5c5c4oc4ccccc45)c3)cc2)cc1. The Labute approximate surface area is 322 Å². The van der Waals surface area contributed by atoms with Crippen molar-refractivity contribution in [2.45, 2.75) is 0 Å². The third kappa shape index (κ3) is 5.40. The van der Waals surface area contributed by atoms with Crippen molar-refractivity contribution in [3.63, 3.8) is 0 Å². The first-order chi connectivity index (χ1) is 27.2. The van der Waals surface area contributed by atoms with Crippen LogP contribution in [0.25, 0.3) is 86.3 Å². The number of rotatable bonds is 6. The van der Waals surface area contributed by atoms with Crippen molar-refractivity contribution in [1.29, 1.82) is 0 Å². The van der Waals surface area contributed by atoms with Crippen molar-refractivity contribution >= 4 is 81.3 Å². The first-order valence-corrected chi connectivity index (χ1v) is 19.5. The van der Waals surface area contributed by atoms with E-state index in [1.54, 1.807) is 0 Å². The van der Waals surface area contributed by atoms with E-state index in [0.717, 1.165) is 44.7 Å². The lowest BCUT2D eigenvalue weighted by molar-refractivity contribution is 0.670. The second kappa shape index (κ2) is 12.9. The zero-order valence-corrected chi connectivity index (χ0v) is 30.6. The number of para-hydroxylation sites is 1. The van der Waals surface area contributed by atoms with Gasteiger partial charge < -0.3 is 9.32 Å². The molecule has 2 heterocycles. The van der Waals surface area contributed by atoms with E-state index in [2.05, 4.69) is 205 Å². The van der Waals surface area contributed by atoms with Gasteiger partial charge in [0.2, 0.25) is 0 Å². The Morgan fingerprint density at radius 2 is 1.00 bits per heavy atom. The molecular weight excluding hydrogens is 687 g/mol. The fourth-order valence-electron chi connectivity index (χ4n) is 8.14. The maximum atomic E-state index is 6.74. The number of fused-ring (bicyclic) bond motifs is 8. The normalized spacial score (nSPS) is 11.6. The maximum absolute atomic E-state index is 6.74.